The van der Waals surface area contributed by atoms with Crippen LogP contribution in [0.4, 0.5) is 9.59 Å². The molecule has 2 rings (SSSR count). The second-order valence-electron chi connectivity index (χ2n) is 6.75. The SMILES string of the molecule is CC(C)CCN1CC2(CCN(C(=O)CNC(N)=O)CC2)OC1=O. The van der Waals surface area contributed by atoms with Crippen LogP contribution in [0.15, 0.2) is 0 Å². The molecule has 0 aliphatic carbocycles. The number of nitrogens with two attached hydrogens (primary N) is 1. The van der Waals surface area contributed by atoms with Crippen molar-refractivity contribution in [1.82, 2.24) is 15.1 Å². The number of carbonyl (C=O) groups is 3. The van der Waals surface area contributed by atoms with Crippen molar-refractivity contribution in [1.29, 1.82) is 0 Å². The first-order valence-electron chi connectivity index (χ1n) is 8.10. The molecule has 2 heterocycles. The van der Waals surface area contributed by atoms with Gasteiger partial charge in [0, 0.05) is 32.5 Å². The predicted molar refractivity (Wildman–Crippen MR) is 83.6 cm³/mol. The number of hydrogen-bond acceptors (Lipinski definition) is 4. The van der Waals surface area contributed by atoms with Crippen molar-refractivity contribution in [2.45, 2.75) is 38.7 Å². The van der Waals surface area contributed by atoms with Gasteiger partial charge >= 0.3 is 12.1 Å². The van der Waals surface area contributed by atoms with Crippen molar-refractivity contribution >= 4 is 18.0 Å². The Morgan fingerprint density at radius 3 is 2.57 bits per heavy atom. The van der Waals surface area contributed by atoms with Crippen LogP contribution in [0.2, 0.25) is 0 Å². The van der Waals surface area contributed by atoms with Gasteiger partial charge in [0.05, 0.1) is 13.1 Å². The molecule has 0 aromatic carbocycles. The van der Waals surface area contributed by atoms with Gasteiger partial charge in [-0.15, -0.1) is 0 Å². The summed E-state index contributed by atoms with van der Waals surface area (Å²) in [6.07, 6.45) is 1.95. The number of ether oxygens (including phenoxy) is 1. The van der Waals surface area contributed by atoms with E-state index in [1.807, 2.05) is 0 Å². The summed E-state index contributed by atoms with van der Waals surface area (Å²) in [6.45, 7) is 6.50. The fourth-order valence-corrected chi connectivity index (χ4v) is 2.98. The van der Waals surface area contributed by atoms with Crippen LogP contribution in [-0.4, -0.2) is 66.2 Å². The van der Waals surface area contributed by atoms with Gasteiger partial charge in [-0.1, -0.05) is 13.8 Å². The second kappa shape index (κ2) is 7.06. The number of piperidine rings is 1. The number of hydrogen-bond donors (Lipinski definition) is 2. The van der Waals surface area contributed by atoms with Gasteiger partial charge in [-0.2, -0.15) is 0 Å². The molecule has 0 unspecified atom stereocenters. The fourth-order valence-electron chi connectivity index (χ4n) is 2.98. The van der Waals surface area contributed by atoms with Crippen LogP contribution in [0.25, 0.3) is 0 Å². The Kier molecular flexibility index (Phi) is 5.33. The topological polar surface area (TPSA) is 105 Å². The van der Waals surface area contributed by atoms with Gasteiger partial charge in [-0.05, 0) is 12.3 Å². The zero-order chi connectivity index (χ0) is 17.0. The molecule has 2 aliphatic heterocycles. The highest BCUT2D eigenvalue weighted by atomic mass is 16.6. The first kappa shape index (κ1) is 17.4. The fraction of sp³-hybridized carbons (Fsp3) is 0.800. The van der Waals surface area contributed by atoms with Gasteiger partial charge in [0.25, 0.3) is 0 Å². The zero-order valence-corrected chi connectivity index (χ0v) is 13.8. The summed E-state index contributed by atoms with van der Waals surface area (Å²) in [5.41, 5.74) is 4.49. The Bertz CT molecular complexity index is 472. The number of rotatable bonds is 5. The van der Waals surface area contributed by atoms with Gasteiger partial charge in [0.2, 0.25) is 5.91 Å². The molecular weight excluding hydrogens is 300 g/mol. The van der Waals surface area contributed by atoms with Crippen LogP contribution < -0.4 is 11.1 Å². The summed E-state index contributed by atoms with van der Waals surface area (Å²) in [5, 5.41) is 2.30. The highest BCUT2D eigenvalue weighted by Gasteiger charge is 2.47. The number of amides is 4. The minimum absolute atomic E-state index is 0.0946. The summed E-state index contributed by atoms with van der Waals surface area (Å²) in [6, 6.07) is -0.711. The Morgan fingerprint density at radius 1 is 1.35 bits per heavy atom. The Morgan fingerprint density at radius 2 is 2.00 bits per heavy atom. The number of carbonyl (C=O) groups excluding carboxylic acids is 3. The number of primary amides is 1. The van der Waals surface area contributed by atoms with E-state index in [-0.39, 0.29) is 18.5 Å². The van der Waals surface area contributed by atoms with Crippen molar-refractivity contribution < 1.29 is 19.1 Å². The van der Waals surface area contributed by atoms with Gasteiger partial charge in [-0.25, -0.2) is 9.59 Å². The van der Waals surface area contributed by atoms with E-state index in [1.165, 1.54) is 0 Å². The highest BCUT2D eigenvalue weighted by molar-refractivity contribution is 5.83. The van der Waals surface area contributed by atoms with Gasteiger partial charge in [0.1, 0.15) is 5.60 Å². The third-order valence-corrected chi connectivity index (χ3v) is 4.46. The molecule has 0 aromatic rings. The molecule has 2 saturated heterocycles. The zero-order valence-electron chi connectivity index (χ0n) is 13.8. The predicted octanol–water partition coefficient (Wildman–Crippen LogP) is 0.514. The smallest absolute Gasteiger partial charge is 0.410 e. The molecule has 0 radical (unpaired) electrons. The minimum atomic E-state index is -0.711. The molecule has 8 heteroatoms. The lowest BCUT2D eigenvalue weighted by Crippen LogP contribution is -2.51. The monoisotopic (exact) mass is 326 g/mol. The van der Waals surface area contributed by atoms with E-state index in [0.717, 1.165) is 6.42 Å². The summed E-state index contributed by atoms with van der Waals surface area (Å²) >= 11 is 0. The molecule has 1 spiro atoms. The first-order valence-corrected chi connectivity index (χ1v) is 8.10. The maximum absolute atomic E-state index is 12.0. The Labute approximate surface area is 136 Å². The molecule has 3 N–H and O–H groups in total. The lowest BCUT2D eigenvalue weighted by atomic mass is 9.91. The number of nitrogens with zero attached hydrogens (tertiary/aromatic N) is 2. The summed E-state index contributed by atoms with van der Waals surface area (Å²) in [4.78, 5) is 38.1. The molecule has 0 atom stereocenters. The van der Waals surface area contributed by atoms with Gasteiger partial charge < -0.3 is 25.6 Å². The number of nitrogens with one attached hydrogen (secondary N) is 1. The molecule has 0 bridgehead atoms. The van der Waals surface area contributed by atoms with E-state index >= 15 is 0 Å². The third kappa shape index (κ3) is 4.49. The summed E-state index contributed by atoms with van der Waals surface area (Å²) in [7, 11) is 0. The van der Waals surface area contributed by atoms with Crippen molar-refractivity contribution in [3.05, 3.63) is 0 Å². The molecule has 8 nitrogen and oxygen atoms in total. The van der Waals surface area contributed by atoms with Crippen molar-refractivity contribution in [2.24, 2.45) is 11.7 Å². The van der Waals surface area contributed by atoms with Crippen LogP contribution in [-0.2, 0) is 9.53 Å². The first-order chi connectivity index (χ1) is 10.8. The Balaban J connectivity index is 1.82. The lowest BCUT2D eigenvalue weighted by molar-refractivity contribution is -0.133. The van der Waals surface area contributed by atoms with E-state index in [9.17, 15) is 14.4 Å². The third-order valence-electron chi connectivity index (χ3n) is 4.46. The van der Waals surface area contributed by atoms with E-state index in [1.54, 1.807) is 9.80 Å². The molecule has 0 aromatic heterocycles. The molecule has 23 heavy (non-hydrogen) atoms. The van der Waals surface area contributed by atoms with Crippen LogP contribution in [0, 0.1) is 5.92 Å². The van der Waals surface area contributed by atoms with Crippen LogP contribution >= 0.6 is 0 Å². The Hall–Kier alpha value is -1.99. The van der Waals surface area contributed by atoms with Crippen molar-refractivity contribution in [3.8, 4) is 0 Å². The molecule has 2 aliphatic rings. The van der Waals surface area contributed by atoms with E-state index in [0.29, 0.717) is 44.9 Å². The van der Waals surface area contributed by atoms with Gasteiger partial charge in [-0.3, -0.25) is 4.79 Å². The van der Waals surface area contributed by atoms with E-state index < -0.39 is 11.6 Å². The molecule has 130 valence electrons. The standard InChI is InChI=1S/C15H26N4O4/c1-11(2)3-6-19-10-15(23-14(19)22)4-7-18(8-5-15)12(20)9-17-13(16)21/h11H,3-10H2,1-2H3,(H3,16,17,21). The molecule has 2 fully saturated rings. The second-order valence-corrected chi connectivity index (χ2v) is 6.75. The summed E-state index contributed by atoms with van der Waals surface area (Å²) < 4.78 is 5.62. The maximum Gasteiger partial charge on any atom is 0.410 e. The van der Waals surface area contributed by atoms with Gasteiger partial charge in [0.15, 0.2) is 0 Å². The molecular formula is C15H26N4O4. The molecule has 4 amide bonds. The van der Waals surface area contributed by atoms with Crippen molar-refractivity contribution in [3.63, 3.8) is 0 Å². The average molecular weight is 326 g/mol. The van der Waals surface area contributed by atoms with E-state index in [4.69, 9.17) is 10.5 Å². The average Bonchev–Trinajstić information content (AvgIpc) is 2.79. The minimum Gasteiger partial charge on any atom is -0.441 e. The van der Waals surface area contributed by atoms with Crippen molar-refractivity contribution in [2.75, 3.05) is 32.7 Å². The number of urea groups is 1. The normalized spacial score (nSPS) is 20.0. The van der Waals surface area contributed by atoms with Crippen LogP contribution in [0.3, 0.4) is 0 Å². The highest BCUT2D eigenvalue weighted by Crippen LogP contribution is 2.33. The van der Waals surface area contributed by atoms with Crippen LogP contribution in [0.5, 0.6) is 0 Å². The maximum atomic E-state index is 12.0. The number of likely N-dealkylation sites (tertiary alicyclic amines) is 1. The largest absolute Gasteiger partial charge is 0.441 e. The summed E-state index contributed by atoms with van der Waals surface area (Å²) in [5.74, 6) is 0.371. The lowest BCUT2D eigenvalue weighted by Gasteiger charge is -2.37. The molecule has 0 saturated carbocycles. The van der Waals surface area contributed by atoms with E-state index in [2.05, 4.69) is 19.2 Å². The quantitative estimate of drug-likeness (QED) is 0.768. The van der Waals surface area contributed by atoms with Crippen LogP contribution in [0.1, 0.15) is 33.1 Å².